The van der Waals surface area contributed by atoms with Gasteiger partial charge in [0, 0.05) is 22.3 Å². The summed E-state index contributed by atoms with van der Waals surface area (Å²) >= 11 is 3.48. The Morgan fingerprint density at radius 1 is 1.45 bits per heavy atom. The second-order valence-electron chi connectivity index (χ2n) is 6.24. The molecule has 1 aromatic carbocycles. The van der Waals surface area contributed by atoms with E-state index in [4.69, 9.17) is 5.73 Å². The zero-order valence-corrected chi connectivity index (χ0v) is 13.5. The van der Waals surface area contributed by atoms with Crippen molar-refractivity contribution in [2.24, 2.45) is 11.3 Å². The first-order chi connectivity index (χ1) is 9.38. The van der Waals surface area contributed by atoms with Gasteiger partial charge in [-0.3, -0.25) is 0 Å². The molecule has 0 amide bonds. The van der Waals surface area contributed by atoms with E-state index in [9.17, 15) is 0 Å². The maximum absolute atomic E-state index is 6.03. The molecule has 1 fully saturated rings. The summed E-state index contributed by atoms with van der Waals surface area (Å²) in [4.78, 5) is 0. The molecule has 2 aromatic rings. The minimum Gasteiger partial charge on any atom is -0.398 e. The predicted molar refractivity (Wildman–Crippen MR) is 82.0 cm³/mol. The minimum atomic E-state index is 0.411. The number of rotatable bonds is 3. The molecule has 0 saturated heterocycles. The summed E-state index contributed by atoms with van der Waals surface area (Å²) < 4.78 is 2.84. The topological polar surface area (TPSA) is 69.6 Å². The van der Waals surface area contributed by atoms with Crippen molar-refractivity contribution < 1.29 is 0 Å². The number of nitrogen functional groups attached to an aromatic ring is 1. The quantitative estimate of drug-likeness (QED) is 0.875. The van der Waals surface area contributed by atoms with Gasteiger partial charge in [0.25, 0.3) is 0 Å². The van der Waals surface area contributed by atoms with Gasteiger partial charge in [0.1, 0.15) is 0 Å². The Labute approximate surface area is 126 Å². The summed E-state index contributed by atoms with van der Waals surface area (Å²) in [6.07, 6.45) is 1.23. The van der Waals surface area contributed by atoms with E-state index < -0.39 is 0 Å². The van der Waals surface area contributed by atoms with E-state index in [2.05, 4.69) is 45.3 Å². The van der Waals surface area contributed by atoms with Crippen molar-refractivity contribution in [3.05, 3.63) is 22.2 Å². The number of hydrogen-bond acceptors (Lipinski definition) is 4. The van der Waals surface area contributed by atoms with Gasteiger partial charge in [-0.25, -0.2) is 4.68 Å². The number of hydrogen-bond donors (Lipinski definition) is 1. The fourth-order valence-corrected chi connectivity index (χ4v) is 3.02. The number of halogens is 1. The van der Waals surface area contributed by atoms with E-state index >= 15 is 0 Å². The van der Waals surface area contributed by atoms with Gasteiger partial charge >= 0.3 is 0 Å². The van der Waals surface area contributed by atoms with E-state index in [1.165, 1.54) is 6.42 Å². The molecule has 106 valence electrons. The molecule has 1 aromatic heterocycles. The van der Waals surface area contributed by atoms with Crippen LogP contribution in [-0.4, -0.2) is 20.2 Å². The van der Waals surface area contributed by atoms with Crippen LogP contribution in [0.15, 0.2) is 16.6 Å². The molecule has 1 heterocycles. The number of benzene rings is 1. The van der Waals surface area contributed by atoms with Crippen molar-refractivity contribution in [3.63, 3.8) is 0 Å². The van der Waals surface area contributed by atoms with Crippen molar-refractivity contribution in [3.8, 4) is 11.4 Å². The normalized spacial score (nSPS) is 20.1. The van der Waals surface area contributed by atoms with Crippen molar-refractivity contribution in [2.75, 3.05) is 5.73 Å². The van der Waals surface area contributed by atoms with Gasteiger partial charge in [-0.05, 0) is 52.8 Å². The Morgan fingerprint density at radius 2 is 2.15 bits per heavy atom. The predicted octanol–water partition coefficient (Wildman–Crippen LogP) is 3.04. The average Bonchev–Trinajstić information content (AvgIpc) is 2.76. The van der Waals surface area contributed by atoms with Crippen LogP contribution in [0.4, 0.5) is 5.69 Å². The van der Waals surface area contributed by atoms with Crippen LogP contribution in [0.1, 0.15) is 25.8 Å². The van der Waals surface area contributed by atoms with Gasteiger partial charge < -0.3 is 5.73 Å². The minimum absolute atomic E-state index is 0.411. The SMILES string of the molecule is Cc1c(N)cc(Br)cc1-c1nnnn1CC1CC1(C)C. The monoisotopic (exact) mass is 335 g/mol. The van der Waals surface area contributed by atoms with Crippen LogP contribution in [0.5, 0.6) is 0 Å². The van der Waals surface area contributed by atoms with E-state index in [0.717, 1.165) is 33.7 Å². The third-order valence-corrected chi connectivity index (χ3v) is 4.75. The molecule has 6 heteroatoms. The van der Waals surface area contributed by atoms with Crippen LogP contribution >= 0.6 is 15.9 Å². The standard InChI is InChI=1S/C14H18BrN5/c1-8-11(4-10(15)5-12(8)16)13-17-18-19-20(13)7-9-6-14(9,2)3/h4-5,9H,6-7,16H2,1-3H3. The Hall–Kier alpha value is -1.43. The maximum Gasteiger partial charge on any atom is 0.182 e. The maximum atomic E-state index is 6.03. The molecule has 0 spiro atoms. The summed E-state index contributed by atoms with van der Waals surface area (Å²) in [5.41, 5.74) is 9.18. The molecule has 1 saturated carbocycles. The van der Waals surface area contributed by atoms with Gasteiger partial charge in [0.2, 0.25) is 0 Å². The van der Waals surface area contributed by atoms with Crippen molar-refractivity contribution in [2.45, 2.75) is 33.7 Å². The summed E-state index contributed by atoms with van der Waals surface area (Å²) in [5.74, 6) is 1.44. The molecule has 0 aliphatic heterocycles. The third kappa shape index (κ3) is 2.32. The lowest BCUT2D eigenvalue weighted by Crippen LogP contribution is -2.08. The largest absolute Gasteiger partial charge is 0.398 e. The number of anilines is 1. The lowest BCUT2D eigenvalue weighted by Gasteiger charge is -2.10. The fraction of sp³-hybridized carbons (Fsp3) is 0.500. The molecular weight excluding hydrogens is 318 g/mol. The van der Waals surface area contributed by atoms with Crippen LogP contribution in [0, 0.1) is 18.3 Å². The van der Waals surface area contributed by atoms with Crippen LogP contribution in [0.2, 0.25) is 0 Å². The molecule has 1 aliphatic carbocycles. The Bertz CT molecular complexity index is 662. The molecule has 0 radical (unpaired) electrons. The Morgan fingerprint density at radius 3 is 2.80 bits per heavy atom. The zero-order chi connectivity index (χ0) is 14.5. The third-order valence-electron chi connectivity index (χ3n) is 4.30. The highest BCUT2D eigenvalue weighted by Gasteiger charge is 2.46. The fourth-order valence-electron chi connectivity index (χ4n) is 2.55. The summed E-state index contributed by atoms with van der Waals surface area (Å²) in [5, 5.41) is 12.2. The zero-order valence-electron chi connectivity index (χ0n) is 11.9. The molecule has 20 heavy (non-hydrogen) atoms. The van der Waals surface area contributed by atoms with E-state index in [1.54, 1.807) is 0 Å². The molecule has 1 unspecified atom stereocenters. The second-order valence-corrected chi connectivity index (χ2v) is 7.16. The first-order valence-electron chi connectivity index (χ1n) is 6.70. The number of aromatic nitrogens is 4. The van der Waals surface area contributed by atoms with Gasteiger partial charge in [-0.1, -0.05) is 29.8 Å². The van der Waals surface area contributed by atoms with Crippen molar-refractivity contribution in [1.82, 2.24) is 20.2 Å². The Balaban J connectivity index is 1.98. The number of nitrogens with zero attached hydrogens (tertiary/aromatic N) is 4. The molecule has 5 nitrogen and oxygen atoms in total. The second kappa shape index (κ2) is 4.55. The lowest BCUT2D eigenvalue weighted by atomic mass is 10.1. The summed E-state index contributed by atoms with van der Waals surface area (Å²) in [6, 6.07) is 3.92. The lowest BCUT2D eigenvalue weighted by molar-refractivity contribution is 0.467. The smallest absolute Gasteiger partial charge is 0.182 e. The first kappa shape index (κ1) is 13.5. The molecular formula is C14H18BrN5. The Kier molecular flexibility index (Phi) is 3.08. The van der Waals surface area contributed by atoms with Gasteiger partial charge in [-0.15, -0.1) is 5.10 Å². The van der Waals surface area contributed by atoms with Crippen molar-refractivity contribution >= 4 is 21.6 Å². The van der Waals surface area contributed by atoms with Crippen LogP contribution < -0.4 is 5.73 Å². The molecule has 0 bridgehead atoms. The van der Waals surface area contributed by atoms with E-state index in [-0.39, 0.29) is 0 Å². The highest BCUT2D eigenvalue weighted by atomic mass is 79.9. The molecule has 1 atom stereocenters. The molecule has 1 aliphatic rings. The van der Waals surface area contributed by atoms with E-state index in [1.807, 2.05) is 23.7 Å². The van der Waals surface area contributed by atoms with Crippen LogP contribution in [0.25, 0.3) is 11.4 Å². The molecule has 2 N–H and O–H groups in total. The van der Waals surface area contributed by atoms with Crippen LogP contribution in [-0.2, 0) is 6.54 Å². The first-order valence-corrected chi connectivity index (χ1v) is 7.50. The van der Waals surface area contributed by atoms with Crippen molar-refractivity contribution in [1.29, 1.82) is 0 Å². The number of tetrazole rings is 1. The van der Waals surface area contributed by atoms with Gasteiger partial charge in [0.15, 0.2) is 5.82 Å². The average molecular weight is 336 g/mol. The highest BCUT2D eigenvalue weighted by Crippen LogP contribution is 2.52. The van der Waals surface area contributed by atoms with Gasteiger partial charge in [-0.2, -0.15) is 0 Å². The van der Waals surface area contributed by atoms with Crippen LogP contribution in [0.3, 0.4) is 0 Å². The van der Waals surface area contributed by atoms with E-state index in [0.29, 0.717) is 11.3 Å². The summed E-state index contributed by atoms with van der Waals surface area (Å²) in [6.45, 7) is 7.42. The summed E-state index contributed by atoms with van der Waals surface area (Å²) in [7, 11) is 0. The highest BCUT2D eigenvalue weighted by molar-refractivity contribution is 9.10. The number of nitrogens with two attached hydrogens (primary N) is 1. The molecule has 3 rings (SSSR count). The van der Waals surface area contributed by atoms with Gasteiger partial charge in [0.05, 0.1) is 0 Å².